The molecule has 0 radical (unpaired) electrons. The highest BCUT2D eigenvalue weighted by Gasteiger charge is 2.23. The third-order valence-corrected chi connectivity index (χ3v) is 5.77. The van der Waals surface area contributed by atoms with Crippen LogP contribution in [-0.4, -0.2) is 46.3 Å². The molecule has 2 aromatic rings. The highest BCUT2D eigenvalue weighted by atomic mass is 32.2. The smallest absolute Gasteiger partial charge is 0.338 e. The minimum absolute atomic E-state index is 0.152. The van der Waals surface area contributed by atoms with Gasteiger partial charge >= 0.3 is 5.97 Å². The van der Waals surface area contributed by atoms with Gasteiger partial charge in [-0.3, -0.25) is 9.10 Å². The summed E-state index contributed by atoms with van der Waals surface area (Å²) in [6, 6.07) is 12.6. The lowest BCUT2D eigenvalue weighted by atomic mass is 10.2. The van der Waals surface area contributed by atoms with Crippen LogP contribution in [0.3, 0.4) is 0 Å². The van der Waals surface area contributed by atoms with Crippen molar-refractivity contribution in [1.82, 2.24) is 0 Å². The number of benzene rings is 2. The van der Waals surface area contributed by atoms with Gasteiger partial charge in [0, 0.05) is 5.69 Å². The molecule has 0 heterocycles. The lowest BCUT2D eigenvalue weighted by molar-refractivity contribution is -0.114. The first-order valence-corrected chi connectivity index (χ1v) is 10.6. The van der Waals surface area contributed by atoms with Crippen molar-refractivity contribution >= 4 is 33.3 Å². The van der Waals surface area contributed by atoms with Gasteiger partial charge < -0.3 is 14.8 Å². The Kier molecular flexibility index (Phi) is 7.60. The summed E-state index contributed by atoms with van der Waals surface area (Å²) in [5, 5.41) is 2.64. The SMILES string of the molecule is CCOC(=O)c1ccc(NC(=O)CN(c2ccc(OC)cc2)S(=O)(=O)CC)cc1. The molecule has 156 valence electrons. The summed E-state index contributed by atoms with van der Waals surface area (Å²) in [5.41, 5.74) is 1.16. The fourth-order valence-corrected chi connectivity index (χ4v) is 3.56. The van der Waals surface area contributed by atoms with Crippen LogP contribution in [0.4, 0.5) is 11.4 Å². The molecule has 0 saturated carbocycles. The molecular formula is C20H24N2O6S. The normalized spacial score (nSPS) is 10.9. The van der Waals surface area contributed by atoms with Crippen LogP contribution < -0.4 is 14.4 Å². The van der Waals surface area contributed by atoms with Crippen LogP contribution in [0, 0.1) is 0 Å². The second-order valence-electron chi connectivity index (χ2n) is 5.95. The lowest BCUT2D eigenvalue weighted by Crippen LogP contribution is -2.39. The van der Waals surface area contributed by atoms with Crippen molar-refractivity contribution < 1.29 is 27.5 Å². The Hall–Kier alpha value is -3.07. The lowest BCUT2D eigenvalue weighted by Gasteiger charge is -2.23. The Morgan fingerprint density at radius 1 is 1.00 bits per heavy atom. The molecular weight excluding hydrogens is 396 g/mol. The maximum Gasteiger partial charge on any atom is 0.338 e. The number of hydrogen-bond donors (Lipinski definition) is 1. The molecule has 0 aromatic heterocycles. The molecule has 0 aliphatic carbocycles. The van der Waals surface area contributed by atoms with Crippen LogP contribution in [0.5, 0.6) is 5.75 Å². The fourth-order valence-electron chi connectivity index (χ4n) is 2.49. The van der Waals surface area contributed by atoms with E-state index >= 15 is 0 Å². The third kappa shape index (κ3) is 5.95. The molecule has 0 unspecified atom stereocenters. The number of anilines is 2. The Morgan fingerprint density at radius 2 is 1.62 bits per heavy atom. The van der Waals surface area contributed by atoms with Gasteiger partial charge in [-0.1, -0.05) is 0 Å². The zero-order valence-corrected chi connectivity index (χ0v) is 17.4. The maximum atomic E-state index is 12.5. The minimum atomic E-state index is -3.67. The molecule has 2 aromatic carbocycles. The molecule has 0 aliphatic heterocycles. The Labute approximate surface area is 170 Å². The predicted molar refractivity (Wildman–Crippen MR) is 111 cm³/mol. The highest BCUT2D eigenvalue weighted by molar-refractivity contribution is 7.92. The molecule has 1 amide bonds. The van der Waals surface area contributed by atoms with Crippen molar-refractivity contribution in [1.29, 1.82) is 0 Å². The zero-order valence-electron chi connectivity index (χ0n) is 16.5. The molecule has 29 heavy (non-hydrogen) atoms. The first-order chi connectivity index (χ1) is 13.8. The summed E-state index contributed by atoms with van der Waals surface area (Å²) in [7, 11) is -2.16. The molecule has 0 bridgehead atoms. The van der Waals surface area contributed by atoms with Crippen LogP contribution in [0.1, 0.15) is 24.2 Å². The quantitative estimate of drug-likeness (QED) is 0.626. The largest absolute Gasteiger partial charge is 0.497 e. The highest BCUT2D eigenvalue weighted by Crippen LogP contribution is 2.22. The van der Waals surface area contributed by atoms with Crippen LogP contribution in [0.15, 0.2) is 48.5 Å². The topological polar surface area (TPSA) is 102 Å². The van der Waals surface area contributed by atoms with Gasteiger partial charge in [-0.2, -0.15) is 0 Å². The van der Waals surface area contributed by atoms with Crippen LogP contribution in [0.2, 0.25) is 0 Å². The number of carbonyl (C=O) groups excluding carboxylic acids is 2. The third-order valence-electron chi connectivity index (χ3n) is 4.03. The van der Waals surface area contributed by atoms with Gasteiger partial charge in [0.1, 0.15) is 12.3 Å². The number of carbonyl (C=O) groups is 2. The van der Waals surface area contributed by atoms with Crippen molar-refractivity contribution in [2.45, 2.75) is 13.8 Å². The molecule has 9 heteroatoms. The number of esters is 1. The molecule has 1 N–H and O–H groups in total. The molecule has 0 saturated heterocycles. The van der Waals surface area contributed by atoms with Crippen molar-refractivity contribution in [3.05, 3.63) is 54.1 Å². The van der Waals surface area contributed by atoms with Crippen LogP contribution in [0.25, 0.3) is 0 Å². The summed E-state index contributed by atoms with van der Waals surface area (Å²) in [4.78, 5) is 24.1. The molecule has 0 atom stereocenters. The minimum Gasteiger partial charge on any atom is -0.497 e. The van der Waals surface area contributed by atoms with Gasteiger partial charge in [0.2, 0.25) is 15.9 Å². The second-order valence-corrected chi connectivity index (χ2v) is 8.13. The van der Waals surface area contributed by atoms with Gasteiger partial charge in [0.25, 0.3) is 0 Å². The van der Waals surface area contributed by atoms with Crippen LogP contribution >= 0.6 is 0 Å². The van der Waals surface area contributed by atoms with E-state index in [1.54, 1.807) is 43.3 Å². The first-order valence-electron chi connectivity index (χ1n) is 9.02. The molecule has 0 aliphatic rings. The molecule has 8 nitrogen and oxygen atoms in total. The van der Waals surface area contributed by atoms with Crippen molar-refractivity contribution in [2.75, 3.05) is 35.6 Å². The maximum absolute atomic E-state index is 12.5. The first kappa shape index (κ1) is 22.2. The zero-order chi connectivity index (χ0) is 21.4. The van der Waals surface area contributed by atoms with E-state index in [1.165, 1.54) is 26.2 Å². The van der Waals surface area contributed by atoms with E-state index < -0.39 is 21.9 Å². The van der Waals surface area contributed by atoms with Gasteiger partial charge in [0.15, 0.2) is 0 Å². The van der Waals surface area contributed by atoms with Gasteiger partial charge in [-0.25, -0.2) is 13.2 Å². The second kappa shape index (κ2) is 9.92. The number of amides is 1. The average Bonchev–Trinajstić information content (AvgIpc) is 2.72. The van der Waals surface area contributed by atoms with E-state index in [1.807, 2.05) is 0 Å². The predicted octanol–water partition coefficient (Wildman–Crippen LogP) is 2.67. The number of methoxy groups -OCH3 is 1. The summed E-state index contributed by atoms with van der Waals surface area (Å²) >= 11 is 0. The Morgan fingerprint density at radius 3 is 2.14 bits per heavy atom. The summed E-state index contributed by atoms with van der Waals surface area (Å²) in [5.74, 6) is -0.541. The summed E-state index contributed by atoms with van der Waals surface area (Å²) in [6.07, 6.45) is 0. The number of rotatable bonds is 9. The van der Waals surface area contributed by atoms with E-state index in [2.05, 4.69) is 5.32 Å². The van der Waals surface area contributed by atoms with E-state index in [9.17, 15) is 18.0 Å². The number of nitrogens with one attached hydrogen (secondary N) is 1. The van der Waals surface area contributed by atoms with Gasteiger partial charge in [-0.05, 0) is 62.4 Å². The number of sulfonamides is 1. The van der Waals surface area contributed by atoms with Crippen molar-refractivity contribution in [3.63, 3.8) is 0 Å². The summed E-state index contributed by atoms with van der Waals surface area (Å²) in [6.45, 7) is 3.11. The number of nitrogens with zero attached hydrogens (tertiary/aromatic N) is 1. The van der Waals surface area contributed by atoms with Crippen LogP contribution in [-0.2, 0) is 19.6 Å². The monoisotopic (exact) mass is 420 g/mol. The number of hydrogen-bond acceptors (Lipinski definition) is 6. The number of ether oxygens (including phenoxy) is 2. The van der Waals surface area contributed by atoms with E-state index in [0.29, 0.717) is 22.7 Å². The fraction of sp³-hybridized carbons (Fsp3) is 0.300. The summed E-state index contributed by atoms with van der Waals surface area (Å²) < 4.78 is 36.0. The molecule has 0 spiro atoms. The standard InChI is InChI=1S/C20H24N2O6S/c1-4-28-20(24)15-6-8-16(9-7-15)21-19(23)14-22(29(25,26)5-2)17-10-12-18(27-3)13-11-17/h6-13H,4-5,14H2,1-3H3,(H,21,23). The molecule has 0 fully saturated rings. The van der Waals surface area contributed by atoms with E-state index in [-0.39, 0.29) is 18.9 Å². The van der Waals surface area contributed by atoms with Crippen molar-refractivity contribution in [3.8, 4) is 5.75 Å². The van der Waals surface area contributed by atoms with E-state index in [4.69, 9.17) is 9.47 Å². The van der Waals surface area contributed by atoms with E-state index in [0.717, 1.165) is 4.31 Å². The van der Waals surface area contributed by atoms with Gasteiger partial charge in [-0.15, -0.1) is 0 Å². The van der Waals surface area contributed by atoms with Crippen molar-refractivity contribution in [2.24, 2.45) is 0 Å². The Balaban J connectivity index is 2.14. The average molecular weight is 420 g/mol. The Bertz CT molecular complexity index is 940. The molecule has 2 rings (SSSR count). The van der Waals surface area contributed by atoms with Gasteiger partial charge in [0.05, 0.1) is 30.7 Å².